The summed E-state index contributed by atoms with van der Waals surface area (Å²) < 4.78 is 0. The van der Waals surface area contributed by atoms with E-state index in [1.165, 1.54) is 6.42 Å². The van der Waals surface area contributed by atoms with Crippen LogP contribution in [0.4, 0.5) is 0 Å². The summed E-state index contributed by atoms with van der Waals surface area (Å²) in [5, 5.41) is 6.02. The molecule has 0 unspecified atom stereocenters. The molecule has 0 aliphatic heterocycles. The van der Waals surface area contributed by atoms with Crippen LogP contribution in [-0.2, 0) is 4.84 Å². The normalized spacial score (nSPS) is 18.4. The van der Waals surface area contributed by atoms with E-state index in [-0.39, 0.29) is 0 Å². The fraction of sp³-hybridized carbons (Fsp3) is 0.556. The summed E-state index contributed by atoms with van der Waals surface area (Å²) in [6.07, 6.45) is 3.92. The summed E-state index contributed by atoms with van der Waals surface area (Å²) in [6, 6.07) is 0. The maximum Gasteiger partial charge on any atom is 0.127 e. The molecule has 0 aromatic carbocycles. The van der Waals surface area contributed by atoms with Crippen molar-refractivity contribution in [3.05, 3.63) is 16.6 Å². The van der Waals surface area contributed by atoms with Crippen LogP contribution in [0.3, 0.4) is 0 Å². The van der Waals surface area contributed by atoms with Crippen molar-refractivity contribution in [3.63, 3.8) is 0 Å². The van der Waals surface area contributed by atoms with Crippen molar-refractivity contribution in [1.82, 2.24) is 4.98 Å². The van der Waals surface area contributed by atoms with Gasteiger partial charge in [0, 0.05) is 5.38 Å². The van der Waals surface area contributed by atoms with Crippen LogP contribution in [0.2, 0.25) is 0 Å². The first kappa shape index (κ1) is 8.69. The van der Waals surface area contributed by atoms with Crippen molar-refractivity contribution in [2.24, 2.45) is 5.16 Å². The lowest BCUT2D eigenvalue weighted by Crippen LogP contribution is -2.19. The van der Waals surface area contributed by atoms with Crippen LogP contribution in [0, 0.1) is 0 Å². The van der Waals surface area contributed by atoms with Crippen molar-refractivity contribution in [1.29, 1.82) is 0 Å². The quantitative estimate of drug-likeness (QED) is 0.549. The molecular formula is C9H12N2OS. The first-order valence-corrected chi connectivity index (χ1v) is 5.39. The zero-order valence-electron chi connectivity index (χ0n) is 7.56. The molecule has 4 heteroatoms. The predicted octanol–water partition coefficient (Wildman–Crippen LogP) is 2.44. The Kier molecular flexibility index (Phi) is 2.59. The van der Waals surface area contributed by atoms with Crippen molar-refractivity contribution in [2.75, 3.05) is 0 Å². The predicted molar refractivity (Wildman–Crippen MR) is 53.0 cm³/mol. The monoisotopic (exact) mass is 196 g/mol. The maximum atomic E-state index is 5.32. The molecule has 13 heavy (non-hydrogen) atoms. The van der Waals surface area contributed by atoms with Gasteiger partial charge < -0.3 is 4.84 Å². The summed E-state index contributed by atoms with van der Waals surface area (Å²) in [5.74, 6) is 0. The minimum Gasteiger partial charge on any atom is -0.392 e. The van der Waals surface area contributed by atoms with Gasteiger partial charge in [0.25, 0.3) is 0 Å². The molecule has 0 spiro atoms. The Bertz CT molecular complexity index is 291. The van der Waals surface area contributed by atoms with Gasteiger partial charge in [0.15, 0.2) is 0 Å². The van der Waals surface area contributed by atoms with Crippen molar-refractivity contribution in [2.45, 2.75) is 32.3 Å². The fourth-order valence-electron chi connectivity index (χ4n) is 1.07. The summed E-state index contributed by atoms with van der Waals surface area (Å²) >= 11 is 1.57. The second-order valence-corrected chi connectivity index (χ2v) is 3.93. The summed E-state index contributed by atoms with van der Waals surface area (Å²) in [4.78, 5) is 9.46. The van der Waals surface area contributed by atoms with Gasteiger partial charge in [-0.25, -0.2) is 4.98 Å². The number of rotatable bonds is 3. The van der Waals surface area contributed by atoms with Gasteiger partial charge in [0.2, 0.25) is 0 Å². The Balaban J connectivity index is 1.91. The molecule has 0 radical (unpaired) electrons. The largest absolute Gasteiger partial charge is 0.392 e. The maximum absolute atomic E-state index is 5.32. The third-order valence-corrected chi connectivity index (χ3v) is 2.78. The highest BCUT2D eigenvalue weighted by atomic mass is 32.1. The molecule has 1 aromatic rings. The average Bonchev–Trinajstić information content (AvgIpc) is 2.52. The highest BCUT2D eigenvalue weighted by molar-refractivity contribution is 7.07. The average molecular weight is 196 g/mol. The summed E-state index contributed by atoms with van der Waals surface area (Å²) in [6.45, 7) is 1.92. The summed E-state index contributed by atoms with van der Waals surface area (Å²) in [5.41, 5.74) is 3.59. The Labute approximate surface area is 81.4 Å². The fourth-order valence-corrected chi connectivity index (χ4v) is 1.66. The van der Waals surface area contributed by atoms with Gasteiger partial charge in [-0.2, -0.15) is 0 Å². The smallest absolute Gasteiger partial charge is 0.127 e. The molecule has 1 saturated carbocycles. The highest BCUT2D eigenvalue weighted by Crippen LogP contribution is 2.22. The minimum atomic E-state index is 0.355. The lowest BCUT2D eigenvalue weighted by molar-refractivity contribution is 0.00602. The molecule has 0 amide bonds. The van der Waals surface area contributed by atoms with Crippen LogP contribution in [0.1, 0.15) is 31.9 Å². The van der Waals surface area contributed by atoms with Gasteiger partial charge in [0.05, 0.1) is 11.2 Å². The van der Waals surface area contributed by atoms with E-state index in [0.717, 1.165) is 24.2 Å². The lowest BCUT2D eigenvalue weighted by atomic mass is 9.97. The van der Waals surface area contributed by atoms with Gasteiger partial charge in [-0.3, -0.25) is 0 Å². The number of hydrogen-bond donors (Lipinski definition) is 0. The van der Waals surface area contributed by atoms with E-state index in [1.54, 1.807) is 16.8 Å². The minimum absolute atomic E-state index is 0.355. The molecule has 70 valence electrons. The molecule has 2 rings (SSSR count). The Morgan fingerprint density at radius 3 is 3.08 bits per heavy atom. The van der Waals surface area contributed by atoms with Gasteiger partial charge in [-0.1, -0.05) is 5.16 Å². The zero-order chi connectivity index (χ0) is 9.10. The molecule has 1 aromatic heterocycles. The third kappa shape index (κ3) is 2.06. The van der Waals surface area contributed by atoms with E-state index in [9.17, 15) is 0 Å². The van der Waals surface area contributed by atoms with E-state index in [4.69, 9.17) is 4.84 Å². The van der Waals surface area contributed by atoms with Crippen LogP contribution in [-0.4, -0.2) is 16.8 Å². The van der Waals surface area contributed by atoms with Crippen LogP contribution in [0.25, 0.3) is 0 Å². The second kappa shape index (κ2) is 3.87. The molecule has 0 bridgehead atoms. The first-order valence-electron chi connectivity index (χ1n) is 4.45. The SMILES string of the molecule is C/C(=N\OC1CCC1)c1cscn1. The molecular weight excluding hydrogens is 184 g/mol. The van der Waals surface area contributed by atoms with Gasteiger partial charge >= 0.3 is 0 Å². The van der Waals surface area contributed by atoms with E-state index >= 15 is 0 Å². The van der Waals surface area contributed by atoms with Gasteiger partial charge in [0.1, 0.15) is 11.8 Å². The molecule has 1 aliphatic rings. The van der Waals surface area contributed by atoms with Crippen molar-refractivity contribution < 1.29 is 4.84 Å². The Morgan fingerprint density at radius 2 is 2.54 bits per heavy atom. The molecule has 1 fully saturated rings. The molecule has 0 saturated heterocycles. The number of thiazole rings is 1. The number of oxime groups is 1. The van der Waals surface area contributed by atoms with Crippen molar-refractivity contribution in [3.8, 4) is 0 Å². The van der Waals surface area contributed by atoms with Gasteiger partial charge in [-0.15, -0.1) is 11.3 Å². The molecule has 1 heterocycles. The van der Waals surface area contributed by atoms with Crippen LogP contribution >= 0.6 is 11.3 Å². The number of aromatic nitrogens is 1. The first-order chi connectivity index (χ1) is 6.36. The molecule has 0 atom stereocenters. The van der Waals surface area contributed by atoms with E-state index in [1.807, 2.05) is 12.3 Å². The Morgan fingerprint density at radius 1 is 1.69 bits per heavy atom. The van der Waals surface area contributed by atoms with Crippen molar-refractivity contribution >= 4 is 17.0 Å². The van der Waals surface area contributed by atoms with E-state index < -0.39 is 0 Å². The second-order valence-electron chi connectivity index (χ2n) is 3.21. The standard InChI is InChI=1S/C9H12N2OS/c1-7(9-5-13-6-10-9)11-12-8-3-2-4-8/h5-6,8H,2-4H2,1H3/b11-7+. The molecule has 3 nitrogen and oxygen atoms in total. The molecule has 0 N–H and O–H groups in total. The van der Waals surface area contributed by atoms with E-state index in [0.29, 0.717) is 6.10 Å². The lowest BCUT2D eigenvalue weighted by Gasteiger charge is -2.22. The van der Waals surface area contributed by atoms with Crippen LogP contribution in [0.5, 0.6) is 0 Å². The molecule has 1 aliphatic carbocycles. The Hall–Kier alpha value is -0.900. The van der Waals surface area contributed by atoms with Gasteiger partial charge in [-0.05, 0) is 26.2 Å². The zero-order valence-corrected chi connectivity index (χ0v) is 8.38. The third-order valence-electron chi connectivity index (χ3n) is 2.19. The van der Waals surface area contributed by atoms with Crippen LogP contribution < -0.4 is 0 Å². The number of hydrogen-bond acceptors (Lipinski definition) is 4. The highest BCUT2D eigenvalue weighted by Gasteiger charge is 2.18. The number of nitrogens with zero attached hydrogens (tertiary/aromatic N) is 2. The van der Waals surface area contributed by atoms with Crippen LogP contribution in [0.15, 0.2) is 16.0 Å². The summed E-state index contributed by atoms with van der Waals surface area (Å²) in [7, 11) is 0. The topological polar surface area (TPSA) is 34.5 Å². The van der Waals surface area contributed by atoms with E-state index in [2.05, 4.69) is 10.1 Å².